The van der Waals surface area contributed by atoms with Crippen molar-refractivity contribution in [3.63, 3.8) is 0 Å². The highest BCUT2D eigenvalue weighted by atomic mass is 32.2. The number of carbonyl (C=O) groups excluding carboxylic acids is 1. The van der Waals surface area contributed by atoms with E-state index in [1.54, 1.807) is 28.6 Å². The quantitative estimate of drug-likeness (QED) is 0.364. The number of carbonyl (C=O) groups is 1. The van der Waals surface area contributed by atoms with Crippen LogP contribution in [0.25, 0.3) is 0 Å². The SMILES string of the molecule is CCCCSc1nc2n(n1)C(c1ccc(F)cc1)C(C(=O)Nc1ccc(C)cc1)=C(C)N2. The monoisotopic (exact) mass is 451 g/mol. The Bertz CT molecular complexity index is 1140. The fourth-order valence-electron chi connectivity index (χ4n) is 3.58. The predicted molar refractivity (Wildman–Crippen MR) is 126 cm³/mol. The maximum Gasteiger partial charge on any atom is 0.255 e. The van der Waals surface area contributed by atoms with E-state index in [4.69, 9.17) is 0 Å². The van der Waals surface area contributed by atoms with Gasteiger partial charge in [0, 0.05) is 17.1 Å². The number of nitrogens with zero attached hydrogens (tertiary/aromatic N) is 3. The third-order valence-electron chi connectivity index (χ3n) is 5.30. The maximum absolute atomic E-state index is 13.6. The second kappa shape index (κ2) is 9.56. The lowest BCUT2D eigenvalue weighted by Gasteiger charge is -2.28. The summed E-state index contributed by atoms with van der Waals surface area (Å²) in [6.45, 7) is 5.99. The molecule has 0 fully saturated rings. The number of allylic oxidation sites excluding steroid dienone is 1. The summed E-state index contributed by atoms with van der Waals surface area (Å²) >= 11 is 1.59. The number of hydrogen-bond donors (Lipinski definition) is 2. The number of hydrogen-bond acceptors (Lipinski definition) is 5. The lowest BCUT2D eigenvalue weighted by Crippen LogP contribution is -2.31. The Morgan fingerprint density at radius 1 is 1.16 bits per heavy atom. The molecule has 4 rings (SSSR count). The van der Waals surface area contributed by atoms with Crippen molar-refractivity contribution in [3.8, 4) is 0 Å². The van der Waals surface area contributed by atoms with Gasteiger partial charge in [-0.15, -0.1) is 5.10 Å². The van der Waals surface area contributed by atoms with E-state index < -0.39 is 6.04 Å². The molecule has 1 unspecified atom stereocenters. The topological polar surface area (TPSA) is 71.8 Å². The molecule has 0 spiro atoms. The fourth-order valence-corrected chi connectivity index (χ4v) is 4.50. The number of nitrogens with one attached hydrogen (secondary N) is 2. The van der Waals surface area contributed by atoms with E-state index in [2.05, 4.69) is 27.6 Å². The van der Waals surface area contributed by atoms with Gasteiger partial charge in [-0.3, -0.25) is 4.79 Å². The Morgan fingerprint density at radius 3 is 2.56 bits per heavy atom. The molecule has 166 valence electrons. The molecular weight excluding hydrogens is 425 g/mol. The molecule has 1 atom stereocenters. The number of anilines is 2. The first kappa shape index (κ1) is 22.1. The van der Waals surface area contributed by atoms with E-state index in [1.165, 1.54) is 12.1 Å². The molecule has 32 heavy (non-hydrogen) atoms. The van der Waals surface area contributed by atoms with Crippen molar-refractivity contribution in [3.05, 3.63) is 76.7 Å². The number of thioether (sulfide) groups is 1. The summed E-state index contributed by atoms with van der Waals surface area (Å²) in [5, 5.41) is 11.6. The molecule has 0 radical (unpaired) electrons. The molecule has 2 aromatic carbocycles. The summed E-state index contributed by atoms with van der Waals surface area (Å²) in [6, 6.07) is 13.3. The van der Waals surface area contributed by atoms with E-state index in [9.17, 15) is 9.18 Å². The Labute approximate surface area is 191 Å². The van der Waals surface area contributed by atoms with Crippen LogP contribution >= 0.6 is 11.8 Å². The van der Waals surface area contributed by atoms with Crippen molar-refractivity contribution in [2.75, 3.05) is 16.4 Å². The summed E-state index contributed by atoms with van der Waals surface area (Å²) in [5.41, 5.74) is 3.78. The van der Waals surface area contributed by atoms with Gasteiger partial charge in [0.2, 0.25) is 11.1 Å². The van der Waals surface area contributed by atoms with Crippen molar-refractivity contribution >= 4 is 29.3 Å². The van der Waals surface area contributed by atoms with Crippen LogP contribution in [-0.2, 0) is 4.79 Å². The highest BCUT2D eigenvalue weighted by Gasteiger charge is 2.34. The second-order valence-corrected chi connectivity index (χ2v) is 8.86. The van der Waals surface area contributed by atoms with Crippen LogP contribution in [0.4, 0.5) is 16.0 Å². The van der Waals surface area contributed by atoms with Gasteiger partial charge in [0.1, 0.15) is 11.9 Å². The second-order valence-electron chi connectivity index (χ2n) is 7.80. The van der Waals surface area contributed by atoms with Crippen LogP contribution in [-0.4, -0.2) is 26.4 Å². The van der Waals surface area contributed by atoms with Gasteiger partial charge < -0.3 is 10.6 Å². The van der Waals surface area contributed by atoms with E-state index in [0.717, 1.165) is 29.7 Å². The van der Waals surface area contributed by atoms with Gasteiger partial charge in [0.15, 0.2) is 0 Å². The molecule has 0 saturated heterocycles. The molecule has 2 N–H and O–H groups in total. The Hall–Kier alpha value is -3.13. The first-order valence-corrected chi connectivity index (χ1v) is 11.7. The van der Waals surface area contributed by atoms with Crippen LogP contribution in [0.1, 0.15) is 43.9 Å². The third kappa shape index (κ3) is 4.70. The van der Waals surface area contributed by atoms with E-state index in [0.29, 0.717) is 28.1 Å². The predicted octanol–water partition coefficient (Wildman–Crippen LogP) is 5.55. The molecule has 0 saturated carbocycles. The maximum atomic E-state index is 13.6. The Balaban J connectivity index is 1.71. The first-order chi connectivity index (χ1) is 15.5. The molecule has 6 nitrogen and oxygen atoms in total. The number of aryl methyl sites for hydroxylation is 1. The minimum atomic E-state index is -0.523. The van der Waals surface area contributed by atoms with Crippen LogP contribution in [0.5, 0.6) is 0 Å². The Kier molecular flexibility index (Phi) is 6.60. The van der Waals surface area contributed by atoms with Gasteiger partial charge in [-0.25, -0.2) is 9.07 Å². The number of fused-ring (bicyclic) bond motifs is 1. The van der Waals surface area contributed by atoms with Crippen molar-refractivity contribution in [1.82, 2.24) is 14.8 Å². The summed E-state index contributed by atoms with van der Waals surface area (Å²) in [5.74, 6) is 0.926. The van der Waals surface area contributed by atoms with Crippen LogP contribution < -0.4 is 10.6 Å². The smallest absolute Gasteiger partial charge is 0.255 e. The highest BCUT2D eigenvalue weighted by Crippen LogP contribution is 2.36. The summed E-state index contributed by atoms with van der Waals surface area (Å²) in [6.07, 6.45) is 2.17. The average molecular weight is 452 g/mol. The number of halogens is 1. The lowest BCUT2D eigenvalue weighted by molar-refractivity contribution is -0.113. The average Bonchev–Trinajstić information content (AvgIpc) is 3.17. The number of aromatic nitrogens is 3. The Morgan fingerprint density at radius 2 is 1.88 bits per heavy atom. The van der Waals surface area contributed by atoms with Gasteiger partial charge in [-0.1, -0.05) is 54.9 Å². The van der Waals surface area contributed by atoms with Crippen LogP contribution in [0.15, 0.2) is 65.0 Å². The van der Waals surface area contributed by atoms with E-state index >= 15 is 0 Å². The van der Waals surface area contributed by atoms with Gasteiger partial charge in [0.25, 0.3) is 5.91 Å². The molecule has 0 aliphatic carbocycles. The molecule has 8 heteroatoms. The molecule has 1 aliphatic rings. The molecule has 1 amide bonds. The van der Waals surface area contributed by atoms with Gasteiger partial charge in [-0.05, 0) is 50.1 Å². The molecule has 2 heterocycles. The van der Waals surface area contributed by atoms with Crippen LogP contribution in [0, 0.1) is 12.7 Å². The normalized spacial score (nSPS) is 15.3. The minimum absolute atomic E-state index is 0.241. The zero-order valence-electron chi connectivity index (χ0n) is 18.4. The first-order valence-electron chi connectivity index (χ1n) is 10.7. The van der Waals surface area contributed by atoms with E-state index in [1.807, 2.05) is 38.1 Å². The van der Waals surface area contributed by atoms with E-state index in [-0.39, 0.29) is 11.7 Å². The standard InChI is InChI=1S/C24H26FN5OS/c1-4-5-14-32-24-28-23-26-16(3)20(22(31)27-19-12-6-15(2)7-13-19)21(30(23)29-24)17-8-10-18(25)11-9-17/h6-13,21H,4-5,14H2,1-3H3,(H,27,31)(H,26,28,29). The summed E-state index contributed by atoms with van der Waals surface area (Å²) < 4.78 is 15.4. The fraction of sp³-hybridized carbons (Fsp3) is 0.292. The molecular formula is C24H26FN5OS. The van der Waals surface area contributed by atoms with Crippen molar-refractivity contribution in [1.29, 1.82) is 0 Å². The van der Waals surface area contributed by atoms with Crippen LogP contribution in [0.2, 0.25) is 0 Å². The number of benzene rings is 2. The number of amides is 1. The van der Waals surface area contributed by atoms with Gasteiger partial charge in [0.05, 0.1) is 5.57 Å². The molecule has 1 aromatic heterocycles. The third-order valence-corrected chi connectivity index (χ3v) is 6.23. The lowest BCUT2D eigenvalue weighted by atomic mass is 9.95. The largest absolute Gasteiger partial charge is 0.328 e. The summed E-state index contributed by atoms with van der Waals surface area (Å²) in [7, 11) is 0. The highest BCUT2D eigenvalue weighted by molar-refractivity contribution is 7.99. The zero-order chi connectivity index (χ0) is 22.7. The minimum Gasteiger partial charge on any atom is -0.328 e. The van der Waals surface area contributed by atoms with Gasteiger partial charge in [-0.2, -0.15) is 4.98 Å². The number of rotatable bonds is 7. The van der Waals surface area contributed by atoms with Crippen molar-refractivity contribution in [2.24, 2.45) is 0 Å². The van der Waals surface area contributed by atoms with Crippen molar-refractivity contribution in [2.45, 2.75) is 44.8 Å². The van der Waals surface area contributed by atoms with Gasteiger partial charge >= 0.3 is 0 Å². The molecule has 0 bridgehead atoms. The van der Waals surface area contributed by atoms with Crippen molar-refractivity contribution < 1.29 is 9.18 Å². The van der Waals surface area contributed by atoms with Crippen LogP contribution in [0.3, 0.4) is 0 Å². The number of unbranched alkanes of at least 4 members (excludes halogenated alkanes) is 1. The zero-order valence-corrected chi connectivity index (χ0v) is 19.2. The molecule has 1 aliphatic heterocycles. The summed E-state index contributed by atoms with van der Waals surface area (Å²) in [4.78, 5) is 18.0. The molecule has 3 aromatic rings.